The van der Waals surface area contributed by atoms with Gasteiger partial charge in [-0.25, -0.2) is 4.79 Å². The van der Waals surface area contributed by atoms with Crippen molar-refractivity contribution in [3.63, 3.8) is 0 Å². The van der Waals surface area contributed by atoms with Crippen LogP contribution in [0.5, 0.6) is 0 Å². The Labute approximate surface area is 159 Å². The first-order valence-corrected chi connectivity index (χ1v) is 9.57. The summed E-state index contributed by atoms with van der Waals surface area (Å²) in [6.45, 7) is 8.12. The van der Waals surface area contributed by atoms with Crippen LogP contribution in [0.15, 0.2) is 18.2 Å². The number of carbonyl (C=O) groups is 3. The van der Waals surface area contributed by atoms with Crippen molar-refractivity contribution in [2.75, 3.05) is 0 Å². The zero-order valence-electron chi connectivity index (χ0n) is 16.2. The van der Waals surface area contributed by atoms with Crippen LogP contribution in [-0.4, -0.2) is 22.6 Å². The Morgan fingerprint density at radius 1 is 0.741 bits per heavy atom. The third-order valence-electron chi connectivity index (χ3n) is 5.58. The molecule has 0 atom stereocenters. The molecule has 0 saturated heterocycles. The first-order valence-electron chi connectivity index (χ1n) is 9.57. The van der Waals surface area contributed by atoms with Crippen LogP contribution >= 0.6 is 0 Å². The Bertz CT molecular complexity index is 983. The van der Waals surface area contributed by atoms with Crippen LogP contribution < -0.4 is 0 Å². The Morgan fingerprint density at radius 2 is 1.22 bits per heavy atom. The molecular formula is C23H24O4. The SMILES string of the molecule is CCc1c(CC)c(CC)c2c(c1CC)C(=O)c1cccc(C(=O)O)c1C2=O. The molecule has 3 rings (SSSR count). The van der Waals surface area contributed by atoms with E-state index in [1.165, 1.54) is 12.1 Å². The lowest BCUT2D eigenvalue weighted by atomic mass is 9.73. The number of carboxylic acids is 1. The minimum Gasteiger partial charge on any atom is -0.478 e. The van der Waals surface area contributed by atoms with Gasteiger partial charge in [-0.1, -0.05) is 39.8 Å². The van der Waals surface area contributed by atoms with Crippen molar-refractivity contribution in [3.8, 4) is 0 Å². The number of hydrogen-bond acceptors (Lipinski definition) is 3. The molecule has 0 aliphatic heterocycles. The lowest BCUT2D eigenvalue weighted by Crippen LogP contribution is -2.28. The molecule has 0 amide bonds. The molecule has 0 spiro atoms. The average molecular weight is 364 g/mol. The summed E-state index contributed by atoms with van der Waals surface area (Å²) in [5.41, 5.74) is 5.17. The summed E-state index contributed by atoms with van der Waals surface area (Å²) < 4.78 is 0. The highest BCUT2D eigenvalue weighted by Crippen LogP contribution is 2.38. The second kappa shape index (κ2) is 7.10. The summed E-state index contributed by atoms with van der Waals surface area (Å²) in [5.74, 6) is -1.75. The van der Waals surface area contributed by atoms with Gasteiger partial charge in [0.2, 0.25) is 0 Å². The highest BCUT2D eigenvalue weighted by Gasteiger charge is 2.37. The molecule has 2 aromatic rings. The number of hydrogen-bond donors (Lipinski definition) is 1. The molecule has 0 radical (unpaired) electrons. The predicted octanol–water partition coefficient (Wildman–Crippen LogP) is 4.41. The molecule has 0 aromatic heterocycles. The molecule has 2 aromatic carbocycles. The summed E-state index contributed by atoms with van der Waals surface area (Å²) in [7, 11) is 0. The smallest absolute Gasteiger partial charge is 0.336 e. The monoisotopic (exact) mass is 364 g/mol. The van der Waals surface area contributed by atoms with Crippen molar-refractivity contribution >= 4 is 17.5 Å². The Hall–Kier alpha value is -2.75. The number of rotatable bonds is 5. The normalized spacial score (nSPS) is 12.7. The van der Waals surface area contributed by atoms with Gasteiger partial charge in [0.05, 0.1) is 5.56 Å². The minimum absolute atomic E-state index is 0.0329. The molecule has 0 fully saturated rings. The number of benzene rings is 2. The first kappa shape index (κ1) is 19.0. The van der Waals surface area contributed by atoms with Crippen molar-refractivity contribution in [1.82, 2.24) is 0 Å². The van der Waals surface area contributed by atoms with Crippen LogP contribution in [0.25, 0.3) is 0 Å². The van der Waals surface area contributed by atoms with E-state index in [0.29, 0.717) is 24.0 Å². The Balaban J connectivity index is 2.49. The molecule has 140 valence electrons. The third-order valence-corrected chi connectivity index (χ3v) is 5.58. The summed E-state index contributed by atoms with van der Waals surface area (Å²) in [6, 6.07) is 4.49. The predicted molar refractivity (Wildman–Crippen MR) is 104 cm³/mol. The molecule has 0 saturated carbocycles. The van der Waals surface area contributed by atoms with Gasteiger partial charge in [-0.15, -0.1) is 0 Å². The lowest BCUT2D eigenvalue weighted by molar-refractivity contribution is 0.0692. The van der Waals surface area contributed by atoms with Gasteiger partial charge in [0.1, 0.15) is 0 Å². The van der Waals surface area contributed by atoms with Gasteiger partial charge < -0.3 is 5.11 Å². The van der Waals surface area contributed by atoms with Crippen molar-refractivity contribution < 1.29 is 19.5 Å². The molecule has 1 aliphatic carbocycles. The van der Waals surface area contributed by atoms with Crippen LogP contribution in [0.4, 0.5) is 0 Å². The van der Waals surface area contributed by atoms with Crippen molar-refractivity contribution in [2.24, 2.45) is 0 Å². The fourth-order valence-corrected chi connectivity index (χ4v) is 4.53. The first-order chi connectivity index (χ1) is 12.9. The van der Waals surface area contributed by atoms with E-state index in [9.17, 15) is 19.5 Å². The van der Waals surface area contributed by atoms with E-state index in [1.54, 1.807) is 6.07 Å². The molecule has 0 bridgehead atoms. The second-order valence-corrected chi connectivity index (χ2v) is 6.77. The quantitative estimate of drug-likeness (QED) is 0.728. The summed E-state index contributed by atoms with van der Waals surface area (Å²) in [6.07, 6.45) is 2.87. The molecule has 4 heteroatoms. The average Bonchev–Trinajstić information content (AvgIpc) is 2.68. The standard InChI is InChI=1S/C23H24O4/c1-5-12-13(6-2)15(8-4)20-19(14(12)7-3)21(24)16-10-9-11-17(23(26)27)18(16)22(20)25/h9-11H,5-8H2,1-4H3,(H,26,27). The molecule has 0 heterocycles. The van der Waals surface area contributed by atoms with Crippen LogP contribution in [0.3, 0.4) is 0 Å². The third kappa shape index (κ3) is 2.62. The summed E-state index contributed by atoms with van der Waals surface area (Å²) in [4.78, 5) is 38.6. The van der Waals surface area contributed by atoms with Gasteiger partial charge in [0.25, 0.3) is 0 Å². The summed E-state index contributed by atoms with van der Waals surface area (Å²) >= 11 is 0. The molecule has 1 aliphatic rings. The van der Waals surface area contributed by atoms with Gasteiger partial charge in [0, 0.05) is 22.3 Å². The van der Waals surface area contributed by atoms with E-state index < -0.39 is 5.97 Å². The van der Waals surface area contributed by atoms with Crippen molar-refractivity contribution in [2.45, 2.75) is 53.4 Å². The van der Waals surface area contributed by atoms with Gasteiger partial charge in [-0.3, -0.25) is 9.59 Å². The van der Waals surface area contributed by atoms with E-state index in [-0.39, 0.29) is 28.3 Å². The lowest BCUT2D eigenvalue weighted by Gasteiger charge is -2.28. The van der Waals surface area contributed by atoms with E-state index in [0.717, 1.165) is 35.1 Å². The number of fused-ring (bicyclic) bond motifs is 2. The molecule has 27 heavy (non-hydrogen) atoms. The molecule has 0 unspecified atom stereocenters. The van der Waals surface area contributed by atoms with Crippen molar-refractivity contribution in [1.29, 1.82) is 0 Å². The van der Waals surface area contributed by atoms with Gasteiger partial charge >= 0.3 is 5.97 Å². The fraction of sp³-hybridized carbons (Fsp3) is 0.348. The van der Waals surface area contributed by atoms with E-state index >= 15 is 0 Å². The maximum Gasteiger partial charge on any atom is 0.336 e. The highest BCUT2D eigenvalue weighted by atomic mass is 16.4. The highest BCUT2D eigenvalue weighted by molar-refractivity contribution is 6.31. The van der Waals surface area contributed by atoms with Crippen LogP contribution in [-0.2, 0) is 25.7 Å². The zero-order chi connectivity index (χ0) is 19.9. The minimum atomic E-state index is -1.19. The van der Waals surface area contributed by atoms with Gasteiger partial charge in [0.15, 0.2) is 11.6 Å². The van der Waals surface area contributed by atoms with Gasteiger partial charge in [-0.05, 0) is 54.0 Å². The number of carbonyl (C=O) groups excluding carboxylic acids is 2. The van der Waals surface area contributed by atoms with E-state index in [2.05, 4.69) is 13.8 Å². The Morgan fingerprint density at radius 3 is 1.67 bits per heavy atom. The maximum absolute atomic E-state index is 13.5. The van der Waals surface area contributed by atoms with Crippen LogP contribution in [0, 0.1) is 0 Å². The van der Waals surface area contributed by atoms with E-state index in [4.69, 9.17) is 0 Å². The van der Waals surface area contributed by atoms with Crippen LogP contribution in [0.1, 0.15) is 92.1 Å². The molecular weight excluding hydrogens is 340 g/mol. The van der Waals surface area contributed by atoms with Crippen molar-refractivity contribution in [3.05, 3.63) is 68.3 Å². The number of ketones is 2. The maximum atomic E-state index is 13.5. The number of aromatic carboxylic acids is 1. The Kier molecular flexibility index (Phi) is 5.01. The molecule has 4 nitrogen and oxygen atoms in total. The molecule has 1 N–H and O–H groups in total. The second-order valence-electron chi connectivity index (χ2n) is 6.77. The topological polar surface area (TPSA) is 71.4 Å². The number of carboxylic acid groups (broad SMARTS) is 1. The zero-order valence-corrected chi connectivity index (χ0v) is 16.2. The van der Waals surface area contributed by atoms with Gasteiger partial charge in [-0.2, -0.15) is 0 Å². The fourth-order valence-electron chi connectivity index (χ4n) is 4.53. The van der Waals surface area contributed by atoms with E-state index in [1.807, 2.05) is 13.8 Å². The summed E-state index contributed by atoms with van der Waals surface area (Å²) in [5, 5.41) is 9.54. The largest absolute Gasteiger partial charge is 0.478 e. The van der Waals surface area contributed by atoms with Crippen LogP contribution in [0.2, 0.25) is 0 Å².